The number of aryl methyl sites for hydroxylation is 1. The van der Waals surface area contributed by atoms with E-state index in [-0.39, 0.29) is 30.3 Å². The van der Waals surface area contributed by atoms with Crippen LogP contribution in [0.4, 0.5) is 4.79 Å². The van der Waals surface area contributed by atoms with Crippen LogP contribution in [0.1, 0.15) is 30.8 Å². The minimum atomic E-state index is -0.816. The Balaban J connectivity index is 1.39. The van der Waals surface area contributed by atoms with Crippen molar-refractivity contribution in [1.82, 2.24) is 15.1 Å². The molecule has 3 fully saturated rings. The standard InChI is InChI=1S/C18H23N3O5/c1-12-2-3-14(26-12)11-20-9-13(8-15(20)22)10-21-16(23)18(19-17(21)24)4-6-25-7-5-18/h2-3,13H,4-11H2,1H3,(H,19,24). The largest absolute Gasteiger partial charge is 0.464 e. The van der Waals surface area contributed by atoms with Crippen molar-refractivity contribution in [3.05, 3.63) is 23.7 Å². The first kappa shape index (κ1) is 17.1. The molecule has 0 radical (unpaired) electrons. The van der Waals surface area contributed by atoms with Gasteiger partial charge in [-0.3, -0.25) is 14.5 Å². The fourth-order valence-corrected chi connectivity index (χ4v) is 4.05. The molecule has 0 bridgehead atoms. The van der Waals surface area contributed by atoms with Crippen LogP contribution in [0, 0.1) is 12.8 Å². The fraction of sp³-hybridized carbons (Fsp3) is 0.611. The Bertz CT molecular complexity index is 737. The number of carbonyl (C=O) groups excluding carboxylic acids is 3. The van der Waals surface area contributed by atoms with Gasteiger partial charge in [0, 0.05) is 51.5 Å². The molecule has 0 aliphatic carbocycles. The second kappa shape index (κ2) is 6.42. The van der Waals surface area contributed by atoms with E-state index in [0.29, 0.717) is 45.6 Å². The van der Waals surface area contributed by atoms with E-state index in [4.69, 9.17) is 9.15 Å². The van der Waals surface area contributed by atoms with Gasteiger partial charge in [0.25, 0.3) is 5.91 Å². The Morgan fingerprint density at radius 3 is 2.69 bits per heavy atom. The van der Waals surface area contributed by atoms with Crippen LogP contribution in [0.5, 0.6) is 0 Å². The summed E-state index contributed by atoms with van der Waals surface area (Å²) in [5.41, 5.74) is -0.816. The third-order valence-electron chi connectivity index (χ3n) is 5.47. The van der Waals surface area contributed by atoms with Crippen LogP contribution in [0.2, 0.25) is 0 Å². The topological polar surface area (TPSA) is 92.1 Å². The summed E-state index contributed by atoms with van der Waals surface area (Å²) in [7, 11) is 0. The molecule has 4 rings (SSSR count). The molecule has 3 aliphatic rings. The van der Waals surface area contributed by atoms with Crippen LogP contribution in [0.25, 0.3) is 0 Å². The summed E-state index contributed by atoms with van der Waals surface area (Å²) in [5.74, 6) is 1.34. The van der Waals surface area contributed by atoms with Crippen LogP contribution in [-0.4, -0.2) is 59.5 Å². The van der Waals surface area contributed by atoms with Crippen molar-refractivity contribution in [2.45, 2.75) is 38.3 Å². The molecule has 4 amide bonds. The minimum Gasteiger partial charge on any atom is -0.464 e. The zero-order valence-electron chi connectivity index (χ0n) is 14.8. The molecule has 1 N–H and O–H groups in total. The lowest BCUT2D eigenvalue weighted by Gasteiger charge is -2.30. The number of ether oxygens (including phenoxy) is 1. The number of furan rings is 1. The van der Waals surface area contributed by atoms with Gasteiger partial charge in [0.05, 0.1) is 6.54 Å². The molecular formula is C18H23N3O5. The first-order valence-corrected chi connectivity index (χ1v) is 9.02. The van der Waals surface area contributed by atoms with Gasteiger partial charge in [-0.05, 0) is 19.1 Å². The van der Waals surface area contributed by atoms with E-state index in [1.54, 1.807) is 4.90 Å². The second-order valence-electron chi connectivity index (χ2n) is 7.40. The molecule has 140 valence electrons. The van der Waals surface area contributed by atoms with Crippen molar-refractivity contribution < 1.29 is 23.5 Å². The summed E-state index contributed by atoms with van der Waals surface area (Å²) in [5, 5.41) is 2.85. The first-order chi connectivity index (χ1) is 12.5. The number of nitrogens with zero attached hydrogens (tertiary/aromatic N) is 2. The highest BCUT2D eigenvalue weighted by molar-refractivity contribution is 6.07. The van der Waals surface area contributed by atoms with Gasteiger partial charge in [-0.2, -0.15) is 0 Å². The lowest BCUT2D eigenvalue weighted by Crippen LogP contribution is -2.51. The maximum Gasteiger partial charge on any atom is 0.325 e. The number of hydrogen-bond donors (Lipinski definition) is 1. The Hall–Kier alpha value is -2.35. The second-order valence-corrected chi connectivity index (χ2v) is 7.40. The highest BCUT2D eigenvalue weighted by Crippen LogP contribution is 2.30. The predicted octanol–water partition coefficient (Wildman–Crippen LogP) is 1.04. The lowest BCUT2D eigenvalue weighted by atomic mass is 9.90. The maximum absolute atomic E-state index is 12.8. The van der Waals surface area contributed by atoms with Gasteiger partial charge in [0.1, 0.15) is 17.1 Å². The molecule has 8 heteroatoms. The van der Waals surface area contributed by atoms with Gasteiger partial charge in [0.2, 0.25) is 5.91 Å². The molecule has 3 saturated heterocycles. The highest BCUT2D eigenvalue weighted by Gasteiger charge is 2.52. The molecule has 26 heavy (non-hydrogen) atoms. The number of carbonyl (C=O) groups is 3. The van der Waals surface area contributed by atoms with Crippen molar-refractivity contribution in [3.63, 3.8) is 0 Å². The number of likely N-dealkylation sites (tertiary alicyclic amines) is 1. The molecule has 1 unspecified atom stereocenters. The first-order valence-electron chi connectivity index (χ1n) is 9.02. The average molecular weight is 361 g/mol. The van der Waals surface area contributed by atoms with Crippen LogP contribution in [-0.2, 0) is 20.9 Å². The summed E-state index contributed by atoms with van der Waals surface area (Å²) in [6.07, 6.45) is 1.34. The summed E-state index contributed by atoms with van der Waals surface area (Å²) < 4.78 is 10.8. The summed E-state index contributed by atoms with van der Waals surface area (Å²) in [4.78, 5) is 40.5. The summed E-state index contributed by atoms with van der Waals surface area (Å²) in [6.45, 7) is 4.01. The molecule has 1 atom stereocenters. The fourth-order valence-electron chi connectivity index (χ4n) is 4.05. The Morgan fingerprint density at radius 2 is 2.00 bits per heavy atom. The van der Waals surface area contributed by atoms with E-state index in [0.717, 1.165) is 11.5 Å². The van der Waals surface area contributed by atoms with E-state index in [1.165, 1.54) is 4.90 Å². The molecule has 1 spiro atoms. The van der Waals surface area contributed by atoms with E-state index in [1.807, 2.05) is 19.1 Å². The van der Waals surface area contributed by atoms with Crippen LogP contribution in [0.15, 0.2) is 16.5 Å². The predicted molar refractivity (Wildman–Crippen MR) is 90.0 cm³/mol. The molecule has 3 aliphatic heterocycles. The number of urea groups is 1. The van der Waals surface area contributed by atoms with Crippen LogP contribution < -0.4 is 5.32 Å². The molecule has 0 aromatic carbocycles. The van der Waals surface area contributed by atoms with Gasteiger partial charge in [0.15, 0.2) is 0 Å². The van der Waals surface area contributed by atoms with Gasteiger partial charge in [-0.1, -0.05) is 0 Å². The van der Waals surface area contributed by atoms with Gasteiger partial charge < -0.3 is 19.4 Å². The van der Waals surface area contributed by atoms with Crippen molar-refractivity contribution in [2.24, 2.45) is 5.92 Å². The zero-order chi connectivity index (χ0) is 18.3. The van der Waals surface area contributed by atoms with Gasteiger partial charge in [-0.15, -0.1) is 0 Å². The monoisotopic (exact) mass is 361 g/mol. The zero-order valence-corrected chi connectivity index (χ0v) is 14.8. The number of rotatable bonds is 4. The molecule has 1 aromatic heterocycles. The molecular weight excluding hydrogens is 338 g/mol. The summed E-state index contributed by atoms with van der Waals surface area (Å²) >= 11 is 0. The maximum atomic E-state index is 12.8. The van der Waals surface area contributed by atoms with Gasteiger partial charge >= 0.3 is 6.03 Å². The Labute approximate surface area is 151 Å². The third kappa shape index (κ3) is 2.98. The van der Waals surface area contributed by atoms with E-state index < -0.39 is 5.54 Å². The van der Waals surface area contributed by atoms with E-state index in [9.17, 15) is 14.4 Å². The molecule has 1 aromatic rings. The van der Waals surface area contributed by atoms with Crippen molar-refractivity contribution in [3.8, 4) is 0 Å². The quantitative estimate of drug-likeness (QED) is 0.809. The van der Waals surface area contributed by atoms with Crippen molar-refractivity contribution in [1.29, 1.82) is 0 Å². The van der Waals surface area contributed by atoms with Crippen molar-refractivity contribution >= 4 is 17.8 Å². The summed E-state index contributed by atoms with van der Waals surface area (Å²) in [6, 6.07) is 3.38. The minimum absolute atomic E-state index is 0.0249. The number of hydrogen-bond acceptors (Lipinski definition) is 5. The van der Waals surface area contributed by atoms with Gasteiger partial charge in [-0.25, -0.2) is 4.79 Å². The number of nitrogens with one attached hydrogen (secondary N) is 1. The smallest absolute Gasteiger partial charge is 0.325 e. The molecule has 4 heterocycles. The molecule has 0 saturated carbocycles. The van der Waals surface area contributed by atoms with Crippen LogP contribution >= 0.6 is 0 Å². The highest BCUT2D eigenvalue weighted by atomic mass is 16.5. The molecule has 8 nitrogen and oxygen atoms in total. The lowest BCUT2D eigenvalue weighted by molar-refractivity contribution is -0.135. The Morgan fingerprint density at radius 1 is 1.23 bits per heavy atom. The Kier molecular flexibility index (Phi) is 4.22. The normalized spacial score (nSPS) is 25.4. The number of imide groups is 1. The third-order valence-corrected chi connectivity index (χ3v) is 5.47. The average Bonchev–Trinajstić information content (AvgIpc) is 3.24. The van der Waals surface area contributed by atoms with E-state index in [2.05, 4.69) is 5.32 Å². The SMILES string of the molecule is Cc1ccc(CN2CC(CN3C(=O)NC4(CCOCC4)C3=O)CC2=O)o1. The van der Waals surface area contributed by atoms with Crippen LogP contribution in [0.3, 0.4) is 0 Å². The van der Waals surface area contributed by atoms with Crippen molar-refractivity contribution in [2.75, 3.05) is 26.3 Å². The number of amides is 4. The van der Waals surface area contributed by atoms with E-state index >= 15 is 0 Å².